The van der Waals surface area contributed by atoms with Gasteiger partial charge in [0.05, 0.1) is 11.8 Å². The summed E-state index contributed by atoms with van der Waals surface area (Å²) in [6.45, 7) is 3.32. The highest BCUT2D eigenvalue weighted by Crippen LogP contribution is 2.20. The third-order valence-electron chi connectivity index (χ3n) is 4.36. The zero-order valence-corrected chi connectivity index (χ0v) is 14.1. The molecule has 1 fully saturated rings. The van der Waals surface area contributed by atoms with Gasteiger partial charge in [-0.3, -0.25) is 0 Å². The molecule has 0 saturated carbocycles. The number of piperidine rings is 1. The summed E-state index contributed by atoms with van der Waals surface area (Å²) in [6, 6.07) is 4.81. The third-order valence-corrected chi connectivity index (χ3v) is 4.36. The molecule has 2 N–H and O–H groups in total. The van der Waals surface area contributed by atoms with E-state index in [1.54, 1.807) is 36.9 Å². The van der Waals surface area contributed by atoms with E-state index in [2.05, 4.69) is 5.32 Å². The van der Waals surface area contributed by atoms with Crippen LogP contribution >= 0.6 is 0 Å². The van der Waals surface area contributed by atoms with Gasteiger partial charge in [-0.2, -0.15) is 0 Å². The molecule has 2 amide bonds. The molecule has 1 saturated heterocycles. The van der Waals surface area contributed by atoms with E-state index in [0.29, 0.717) is 25.3 Å². The van der Waals surface area contributed by atoms with E-state index in [4.69, 9.17) is 0 Å². The molecule has 1 aromatic carbocycles. The number of aliphatic hydroxyl groups is 1. The van der Waals surface area contributed by atoms with E-state index in [0.717, 1.165) is 18.4 Å². The molecule has 1 aliphatic rings. The second kappa shape index (κ2) is 7.64. The zero-order valence-electron chi connectivity index (χ0n) is 14.1. The summed E-state index contributed by atoms with van der Waals surface area (Å²) in [4.78, 5) is 15.7. The van der Waals surface area contributed by atoms with Gasteiger partial charge in [0.25, 0.3) is 0 Å². The van der Waals surface area contributed by atoms with Gasteiger partial charge in [-0.05, 0) is 37.5 Å². The number of hydrogen-bond acceptors (Lipinski definition) is 3. The van der Waals surface area contributed by atoms with Gasteiger partial charge in [-0.15, -0.1) is 0 Å². The summed E-state index contributed by atoms with van der Waals surface area (Å²) in [7, 11) is 3.57. The van der Waals surface area contributed by atoms with Crippen LogP contribution in [0.25, 0.3) is 0 Å². The molecular weight excluding hydrogens is 297 g/mol. The number of benzene rings is 1. The number of carbonyl (C=O) groups excluding carboxylic acids is 1. The Morgan fingerprint density at radius 2 is 2.26 bits per heavy atom. The second-order valence-corrected chi connectivity index (χ2v) is 6.43. The number of carbonyl (C=O) groups is 1. The van der Waals surface area contributed by atoms with E-state index in [1.165, 1.54) is 6.07 Å². The Hall–Kier alpha value is -1.82. The topological polar surface area (TPSA) is 55.8 Å². The Bertz CT molecular complexity index is 549. The largest absolute Gasteiger partial charge is 0.393 e. The van der Waals surface area contributed by atoms with Gasteiger partial charge in [0, 0.05) is 39.6 Å². The number of anilines is 1. The Balaban J connectivity index is 1.90. The maximum Gasteiger partial charge on any atom is 0.317 e. The zero-order chi connectivity index (χ0) is 17.0. The van der Waals surface area contributed by atoms with Crippen molar-refractivity contribution >= 4 is 11.7 Å². The lowest BCUT2D eigenvalue weighted by molar-refractivity contribution is 0.0738. The van der Waals surface area contributed by atoms with E-state index in [-0.39, 0.29) is 17.8 Å². The van der Waals surface area contributed by atoms with Crippen molar-refractivity contribution in [2.45, 2.75) is 32.4 Å². The van der Waals surface area contributed by atoms with Crippen LogP contribution in [0.3, 0.4) is 0 Å². The van der Waals surface area contributed by atoms with Crippen LogP contribution < -0.4 is 10.2 Å². The minimum Gasteiger partial charge on any atom is -0.393 e. The Kier molecular flexibility index (Phi) is 5.82. The molecule has 1 aliphatic heterocycles. The Morgan fingerprint density at radius 3 is 2.87 bits per heavy atom. The van der Waals surface area contributed by atoms with Crippen molar-refractivity contribution in [3.05, 3.63) is 29.6 Å². The number of aliphatic hydroxyl groups excluding tert-OH is 1. The molecule has 1 heterocycles. The van der Waals surface area contributed by atoms with Crippen molar-refractivity contribution in [2.24, 2.45) is 5.92 Å². The summed E-state index contributed by atoms with van der Waals surface area (Å²) >= 11 is 0. The molecule has 0 bridgehead atoms. The van der Waals surface area contributed by atoms with Gasteiger partial charge in [-0.25, -0.2) is 9.18 Å². The molecule has 128 valence electrons. The molecule has 1 aromatic rings. The van der Waals surface area contributed by atoms with Crippen LogP contribution in [-0.2, 0) is 6.54 Å². The first-order chi connectivity index (χ1) is 10.9. The molecule has 5 nitrogen and oxygen atoms in total. The Labute approximate surface area is 137 Å². The highest BCUT2D eigenvalue weighted by atomic mass is 19.1. The standard InChI is InChI=1S/C17H26FN3O2/c1-12(22)14-5-4-8-21(11-14)17(23)19-10-13-6-7-16(20(2)3)15(18)9-13/h6-7,9,12,14,22H,4-5,8,10-11H2,1-3H3,(H,19,23). The first-order valence-electron chi connectivity index (χ1n) is 8.05. The highest BCUT2D eigenvalue weighted by Gasteiger charge is 2.26. The van der Waals surface area contributed by atoms with Gasteiger partial charge in [0.1, 0.15) is 5.82 Å². The van der Waals surface area contributed by atoms with Crippen LogP contribution in [0.2, 0.25) is 0 Å². The van der Waals surface area contributed by atoms with Crippen molar-refractivity contribution in [2.75, 3.05) is 32.1 Å². The summed E-state index contributed by atoms with van der Waals surface area (Å²) in [5, 5.41) is 12.5. The lowest BCUT2D eigenvalue weighted by Gasteiger charge is -2.34. The first-order valence-corrected chi connectivity index (χ1v) is 8.05. The van der Waals surface area contributed by atoms with Gasteiger partial charge in [0.2, 0.25) is 0 Å². The summed E-state index contributed by atoms with van der Waals surface area (Å²) < 4.78 is 13.9. The molecule has 23 heavy (non-hydrogen) atoms. The number of likely N-dealkylation sites (tertiary alicyclic amines) is 1. The van der Waals surface area contributed by atoms with Gasteiger partial charge < -0.3 is 20.2 Å². The number of halogens is 1. The molecule has 2 unspecified atom stereocenters. The minimum atomic E-state index is -0.404. The number of hydrogen-bond donors (Lipinski definition) is 2. The highest BCUT2D eigenvalue weighted by molar-refractivity contribution is 5.74. The van der Waals surface area contributed by atoms with Crippen molar-refractivity contribution in [1.82, 2.24) is 10.2 Å². The fourth-order valence-corrected chi connectivity index (χ4v) is 2.90. The predicted octanol–water partition coefficient (Wildman–Crippen LogP) is 2.19. The smallest absolute Gasteiger partial charge is 0.317 e. The average Bonchev–Trinajstić information content (AvgIpc) is 2.52. The molecule has 0 aliphatic carbocycles. The number of nitrogens with one attached hydrogen (secondary N) is 1. The quantitative estimate of drug-likeness (QED) is 0.893. The van der Waals surface area contributed by atoms with Crippen molar-refractivity contribution in [3.8, 4) is 0 Å². The van der Waals surface area contributed by atoms with Crippen LogP contribution in [0.5, 0.6) is 0 Å². The molecule has 2 atom stereocenters. The van der Waals surface area contributed by atoms with Crippen LogP contribution in [-0.4, -0.2) is 49.3 Å². The van der Waals surface area contributed by atoms with E-state index in [9.17, 15) is 14.3 Å². The predicted molar refractivity (Wildman–Crippen MR) is 88.9 cm³/mol. The molecule has 0 spiro atoms. The molecule has 6 heteroatoms. The third kappa shape index (κ3) is 4.58. The maximum atomic E-state index is 13.9. The molecule has 2 rings (SSSR count). The lowest BCUT2D eigenvalue weighted by Crippen LogP contribution is -2.47. The monoisotopic (exact) mass is 323 g/mol. The number of amides is 2. The van der Waals surface area contributed by atoms with E-state index in [1.807, 2.05) is 6.07 Å². The number of rotatable bonds is 4. The maximum absolute atomic E-state index is 13.9. The first kappa shape index (κ1) is 17.5. The molecule has 0 radical (unpaired) electrons. The Morgan fingerprint density at radius 1 is 1.52 bits per heavy atom. The summed E-state index contributed by atoms with van der Waals surface area (Å²) in [5.74, 6) is -0.166. The number of nitrogens with zero attached hydrogens (tertiary/aromatic N) is 2. The normalized spacial score (nSPS) is 19.3. The van der Waals surface area contributed by atoms with Crippen molar-refractivity contribution in [1.29, 1.82) is 0 Å². The summed E-state index contributed by atoms with van der Waals surface area (Å²) in [6.07, 6.45) is 1.44. The second-order valence-electron chi connectivity index (χ2n) is 6.43. The van der Waals surface area contributed by atoms with Gasteiger partial charge >= 0.3 is 6.03 Å². The van der Waals surface area contributed by atoms with Crippen molar-refractivity contribution < 1.29 is 14.3 Å². The van der Waals surface area contributed by atoms with Crippen LogP contribution in [0.4, 0.5) is 14.9 Å². The van der Waals surface area contributed by atoms with Crippen molar-refractivity contribution in [3.63, 3.8) is 0 Å². The van der Waals surface area contributed by atoms with E-state index < -0.39 is 6.10 Å². The van der Waals surface area contributed by atoms with Crippen LogP contribution in [0.15, 0.2) is 18.2 Å². The van der Waals surface area contributed by atoms with E-state index >= 15 is 0 Å². The molecule has 0 aromatic heterocycles. The van der Waals surface area contributed by atoms with Crippen LogP contribution in [0, 0.1) is 11.7 Å². The van der Waals surface area contributed by atoms with Crippen LogP contribution in [0.1, 0.15) is 25.3 Å². The molecular formula is C17H26FN3O2. The fraction of sp³-hybridized carbons (Fsp3) is 0.588. The van der Waals surface area contributed by atoms with Gasteiger partial charge in [-0.1, -0.05) is 6.07 Å². The number of urea groups is 1. The SMILES string of the molecule is CC(O)C1CCCN(C(=O)NCc2ccc(N(C)C)c(F)c2)C1. The minimum absolute atomic E-state index is 0.131. The average molecular weight is 323 g/mol. The lowest BCUT2D eigenvalue weighted by atomic mass is 9.94. The van der Waals surface area contributed by atoms with Gasteiger partial charge in [0.15, 0.2) is 0 Å². The summed E-state index contributed by atoms with van der Waals surface area (Å²) in [5.41, 5.74) is 1.25. The fourth-order valence-electron chi connectivity index (χ4n) is 2.90.